The van der Waals surface area contributed by atoms with Crippen molar-refractivity contribution < 1.29 is 18.1 Å². The van der Waals surface area contributed by atoms with Gasteiger partial charge in [0.1, 0.15) is 11.9 Å². The molecule has 1 aromatic carbocycles. The second-order valence-electron chi connectivity index (χ2n) is 4.76. The smallest absolute Gasteiger partial charge is 0.287 e. The van der Waals surface area contributed by atoms with E-state index in [1.165, 1.54) is 36.4 Å². The predicted octanol–water partition coefficient (Wildman–Crippen LogP) is 3.61. The van der Waals surface area contributed by atoms with Crippen molar-refractivity contribution in [1.82, 2.24) is 15.5 Å². The molecule has 0 bridgehead atoms. The number of carbonyl (C=O) groups is 1. The third-order valence-corrected chi connectivity index (χ3v) is 3.26. The van der Waals surface area contributed by atoms with Crippen molar-refractivity contribution >= 4 is 17.5 Å². The Labute approximate surface area is 135 Å². The highest BCUT2D eigenvalue weighted by Crippen LogP contribution is 2.20. The van der Waals surface area contributed by atoms with Gasteiger partial charge in [-0.05, 0) is 54.9 Å². The lowest BCUT2D eigenvalue weighted by molar-refractivity contribution is 0.0904. The van der Waals surface area contributed by atoms with Crippen LogP contribution in [0.5, 0.6) is 0 Å². The Balaban J connectivity index is 1.72. The topological polar surface area (TPSA) is 81.2 Å². The van der Waals surface area contributed by atoms with Crippen molar-refractivity contribution in [2.75, 3.05) is 0 Å². The maximum Gasteiger partial charge on any atom is 0.287 e. The fraction of sp³-hybridized carbons (Fsp3) is 0.133. The van der Waals surface area contributed by atoms with Crippen LogP contribution in [-0.2, 0) is 0 Å². The third-order valence-electron chi connectivity index (χ3n) is 3.06. The first-order chi connectivity index (χ1) is 11.0. The summed E-state index contributed by atoms with van der Waals surface area (Å²) in [5.74, 6) is -0.196. The van der Waals surface area contributed by atoms with Crippen molar-refractivity contribution in [3.63, 3.8) is 0 Å². The van der Waals surface area contributed by atoms with Crippen molar-refractivity contribution in [3.8, 4) is 11.4 Å². The van der Waals surface area contributed by atoms with E-state index in [2.05, 4.69) is 15.5 Å². The van der Waals surface area contributed by atoms with Gasteiger partial charge in [-0.2, -0.15) is 4.98 Å². The zero-order valence-corrected chi connectivity index (χ0v) is 12.7. The van der Waals surface area contributed by atoms with Crippen LogP contribution in [0.4, 0.5) is 4.39 Å². The molecule has 8 heteroatoms. The van der Waals surface area contributed by atoms with Gasteiger partial charge in [0.05, 0.1) is 0 Å². The van der Waals surface area contributed by atoms with Crippen LogP contribution in [0.3, 0.4) is 0 Å². The van der Waals surface area contributed by atoms with Crippen molar-refractivity contribution in [2.45, 2.75) is 13.0 Å². The summed E-state index contributed by atoms with van der Waals surface area (Å²) in [5.41, 5.74) is 0.609. The van der Waals surface area contributed by atoms with E-state index in [0.717, 1.165) is 0 Å². The molecule has 0 unspecified atom stereocenters. The number of rotatable bonds is 4. The Hall–Kier alpha value is -2.67. The number of benzene rings is 1. The summed E-state index contributed by atoms with van der Waals surface area (Å²) in [6.45, 7) is 1.68. The fourth-order valence-corrected chi connectivity index (χ4v) is 2.04. The van der Waals surface area contributed by atoms with Gasteiger partial charge in [-0.3, -0.25) is 4.79 Å². The first kappa shape index (κ1) is 15.2. The molecule has 1 amide bonds. The molecule has 23 heavy (non-hydrogen) atoms. The largest absolute Gasteiger partial charge is 0.440 e. The first-order valence-corrected chi connectivity index (χ1v) is 7.06. The predicted molar refractivity (Wildman–Crippen MR) is 79.3 cm³/mol. The number of hydrogen-bond acceptors (Lipinski definition) is 5. The maximum absolute atomic E-state index is 12.9. The zero-order chi connectivity index (χ0) is 16.4. The van der Waals surface area contributed by atoms with E-state index in [0.29, 0.717) is 11.4 Å². The lowest BCUT2D eigenvalue weighted by atomic mass is 10.2. The molecule has 1 N–H and O–H groups in total. The Bertz CT molecular complexity index is 829. The summed E-state index contributed by atoms with van der Waals surface area (Å²) < 4.78 is 23.1. The molecule has 0 aliphatic heterocycles. The fourth-order valence-electron chi connectivity index (χ4n) is 1.89. The third kappa shape index (κ3) is 3.40. The van der Waals surface area contributed by atoms with E-state index < -0.39 is 11.9 Å². The highest BCUT2D eigenvalue weighted by molar-refractivity contribution is 6.29. The molecule has 0 aliphatic carbocycles. The van der Waals surface area contributed by atoms with Gasteiger partial charge in [0.15, 0.2) is 11.0 Å². The molecule has 118 valence electrons. The number of hydrogen-bond donors (Lipinski definition) is 1. The molecule has 0 saturated carbocycles. The molecule has 3 rings (SSSR count). The number of nitrogens with zero attached hydrogens (tertiary/aromatic N) is 2. The van der Waals surface area contributed by atoms with Crippen LogP contribution in [0.2, 0.25) is 5.22 Å². The van der Waals surface area contributed by atoms with Gasteiger partial charge in [0.2, 0.25) is 11.7 Å². The van der Waals surface area contributed by atoms with E-state index in [1.54, 1.807) is 6.92 Å². The van der Waals surface area contributed by atoms with Crippen LogP contribution in [0.1, 0.15) is 29.4 Å². The average Bonchev–Trinajstić information content (AvgIpc) is 3.17. The Morgan fingerprint density at radius 1 is 1.26 bits per heavy atom. The molecular formula is C15H11ClFN3O3. The van der Waals surface area contributed by atoms with E-state index in [9.17, 15) is 9.18 Å². The standard InChI is InChI=1S/C15H11ClFN3O3/c1-8(18-14(21)11-6-7-12(16)22-11)15-19-13(20-23-15)9-2-4-10(17)5-3-9/h2-8H,1H3,(H,18,21)/t8-/m0/s1. The summed E-state index contributed by atoms with van der Waals surface area (Å²) in [6.07, 6.45) is 0. The average molecular weight is 336 g/mol. The molecule has 0 spiro atoms. The lowest BCUT2D eigenvalue weighted by Gasteiger charge is -2.07. The van der Waals surface area contributed by atoms with E-state index >= 15 is 0 Å². The van der Waals surface area contributed by atoms with Crippen LogP contribution < -0.4 is 5.32 Å². The van der Waals surface area contributed by atoms with Gasteiger partial charge in [-0.1, -0.05) is 5.16 Å². The Morgan fingerprint density at radius 2 is 2.00 bits per heavy atom. The number of aromatic nitrogens is 2. The molecule has 2 aromatic heterocycles. The highest BCUT2D eigenvalue weighted by Gasteiger charge is 2.19. The SMILES string of the molecule is C[C@H](NC(=O)c1ccc(Cl)o1)c1nc(-c2ccc(F)cc2)no1. The van der Waals surface area contributed by atoms with Crippen molar-refractivity contribution in [1.29, 1.82) is 0 Å². The number of amides is 1. The lowest BCUT2D eigenvalue weighted by Crippen LogP contribution is -2.26. The minimum absolute atomic E-state index is 0.0834. The van der Waals surface area contributed by atoms with Gasteiger partial charge < -0.3 is 14.3 Å². The van der Waals surface area contributed by atoms with E-state index in [4.69, 9.17) is 20.5 Å². The summed E-state index contributed by atoms with van der Waals surface area (Å²) in [5, 5.41) is 6.59. The monoisotopic (exact) mass is 335 g/mol. The van der Waals surface area contributed by atoms with Crippen LogP contribution in [0.15, 0.2) is 45.3 Å². The number of carbonyl (C=O) groups excluding carboxylic acids is 1. The number of nitrogens with one attached hydrogen (secondary N) is 1. The maximum atomic E-state index is 12.9. The molecule has 0 saturated heterocycles. The molecule has 6 nitrogen and oxygen atoms in total. The molecular weight excluding hydrogens is 325 g/mol. The van der Waals surface area contributed by atoms with E-state index in [1.807, 2.05) is 0 Å². The zero-order valence-electron chi connectivity index (χ0n) is 11.9. The second kappa shape index (κ2) is 6.21. The van der Waals surface area contributed by atoms with Crippen molar-refractivity contribution in [2.24, 2.45) is 0 Å². The first-order valence-electron chi connectivity index (χ1n) is 6.68. The highest BCUT2D eigenvalue weighted by atomic mass is 35.5. The normalized spacial score (nSPS) is 12.1. The van der Waals surface area contributed by atoms with Crippen LogP contribution in [0, 0.1) is 5.82 Å². The molecule has 2 heterocycles. The molecule has 1 atom stereocenters. The van der Waals surface area contributed by atoms with Gasteiger partial charge >= 0.3 is 0 Å². The summed E-state index contributed by atoms with van der Waals surface area (Å²) in [4.78, 5) is 16.2. The number of halogens is 2. The van der Waals surface area contributed by atoms with Gasteiger partial charge in [-0.25, -0.2) is 4.39 Å². The van der Waals surface area contributed by atoms with Gasteiger partial charge in [-0.15, -0.1) is 0 Å². The Morgan fingerprint density at radius 3 is 2.65 bits per heavy atom. The quantitative estimate of drug-likeness (QED) is 0.787. The van der Waals surface area contributed by atoms with Crippen LogP contribution in [0.25, 0.3) is 11.4 Å². The van der Waals surface area contributed by atoms with Crippen LogP contribution in [-0.4, -0.2) is 16.0 Å². The Kier molecular flexibility index (Phi) is 4.12. The van der Waals surface area contributed by atoms with Crippen LogP contribution >= 0.6 is 11.6 Å². The van der Waals surface area contributed by atoms with Crippen molar-refractivity contribution in [3.05, 3.63) is 59.1 Å². The number of furan rings is 1. The summed E-state index contributed by atoms with van der Waals surface area (Å²) in [7, 11) is 0. The minimum Gasteiger partial charge on any atom is -0.440 e. The summed E-state index contributed by atoms with van der Waals surface area (Å²) >= 11 is 5.63. The second-order valence-corrected chi connectivity index (χ2v) is 5.13. The molecule has 0 fully saturated rings. The molecule has 0 aliphatic rings. The van der Waals surface area contributed by atoms with Gasteiger partial charge in [0.25, 0.3) is 5.91 Å². The van der Waals surface area contributed by atoms with Gasteiger partial charge in [0, 0.05) is 5.56 Å². The van der Waals surface area contributed by atoms with E-state index in [-0.39, 0.29) is 22.7 Å². The summed E-state index contributed by atoms with van der Waals surface area (Å²) in [6, 6.07) is 8.08. The molecule has 0 radical (unpaired) electrons. The molecule has 3 aromatic rings. The minimum atomic E-state index is -0.534.